The van der Waals surface area contributed by atoms with Crippen molar-refractivity contribution < 1.29 is 22.5 Å². The summed E-state index contributed by atoms with van der Waals surface area (Å²) in [6.07, 6.45) is 4.21. The second kappa shape index (κ2) is 12.4. The van der Waals surface area contributed by atoms with Crippen molar-refractivity contribution in [1.29, 1.82) is 0 Å². The van der Waals surface area contributed by atoms with Crippen molar-refractivity contribution in [3.63, 3.8) is 0 Å². The van der Waals surface area contributed by atoms with Crippen molar-refractivity contribution >= 4 is 44.8 Å². The Hall–Kier alpha value is -2.70. The average molecular weight is 609 g/mol. The molecule has 5 rings (SSSR count). The van der Waals surface area contributed by atoms with Gasteiger partial charge in [-0.3, -0.25) is 9.69 Å². The number of likely N-dealkylation sites (tertiary alicyclic amines) is 1. The molecule has 2 saturated heterocycles. The molecule has 3 aromatic rings. The van der Waals surface area contributed by atoms with Gasteiger partial charge in [-0.1, -0.05) is 34.8 Å². The van der Waals surface area contributed by atoms with E-state index in [1.165, 1.54) is 17.5 Å². The van der Waals surface area contributed by atoms with Crippen LogP contribution in [0.25, 0.3) is 11.4 Å². The monoisotopic (exact) mass is 607 g/mol. The first-order valence-electron chi connectivity index (χ1n) is 13.2. The number of nitrogens with one attached hydrogen (secondary N) is 1. The zero-order chi connectivity index (χ0) is 28.3. The number of hydrogen-bond donors (Lipinski definition) is 1. The van der Waals surface area contributed by atoms with E-state index in [1.54, 1.807) is 30.3 Å². The number of anilines is 1. The highest BCUT2D eigenvalue weighted by atomic mass is 35.5. The Kier molecular flexibility index (Phi) is 8.96. The Balaban J connectivity index is 1.24. The number of methoxy groups -OCH3 is 1. The van der Waals surface area contributed by atoms with Crippen LogP contribution in [0.3, 0.4) is 0 Å². The first-order valence-corrected chi connectivity index (χ1v) is 15.4. The first-order chi connectivity index (χ1) is 19.2. The maximum atomic E-state index is 13.3. The van der Waals surface area contributed by atoms with Gasteiger partial charge in [0.25, 0.3) is 0 Å². The van der Waals surface area contributed by atoms with Gasteiger partial charge < -0.3 is 14.6 Å². The lowest BCUT2D eigenvalue weighted by atomic mass is 9.97. The van der Waals surface area contributed by atoms with Crippen LogP contribution in [0.4, 0.5) is 5.69 Å². The maximum absolute atomic E-state index is 13.3. The third-order valence-electron chi connectivity index (χ3n) is 7.24. The highest BCUT2D eigenvalue weighted by molar-refractivity contribution is 7.89. The van der Waals surface area contributed by atoms with Crippen LogP contribution in [0.2, 0.25) is 10.0 Å². The first kappa shape index (κ1) is 28.8. The molecule has 1 N–H and O–H groups in total. The summed E-state index contributed by atoms with van der Waals surface area (Å²) in [5.41, 5.74) is 1.04. The molecule has 10 nitrogen and oxygen atoms in total. The lowest BCUT2D eigenvalue weighted by Gasteiger charge is -2.31. The van der Waals surface area contributed by atoms with Crippen molar-refractivity contribution in [3.05, 3.63) is 52.3 Å². The zero-order valence-corrected chi connectivity index (χ0v) is 24.4. The summed E-state index contributed by atoms with van der Waals surface area (Å²) in [6.45, 7) is 2.63. The van der Waals surface area contributed by atoms with Crippen LogP contribution in [0.5, 0.6) is 5.75 Å². The molecule has 40 heavy (non-hydrogen) atoms. The molecular formula is C27H31Cl2N5O5S. The third-order valence-corrected chi connectivity index (χ3v) is 9.71. The number of piperidine rings is 2. The van der Waals surface area contributed by atoms with E-state index in [4.69, 9.17) is 32.5 Å². The van der Waals surface area contributed by atoms with E-state index in [0.29, 0.717) is 65.6 Å². The molecule has 0 bridgehead atoms. The van der Waals surface area contributed by atoms with E-state index in [0.717, 1.165) is 32.2 Å². The standard InChI is InChI=1S/C27H31Cl2N5O5S/c1-38-23-10-8-20(15-24(23)40(36,37)34-12-3-2-4-13-34)30-27(35)18-6-5-11-33(16-18)17-25-31-26(32-39-25)21-9-7-19(28)14-22(21)29/h7-10,14-15,18H,2-6,11-13,16-17H2,1H3,(H,30,35). The summed E-state index contributed by atoms with van der Waals surface area (Å²) in [6, 6.07) is 9.80. The molecule has 2 aliphatic heterocycles. The molecular weight excluding hydrogens is 577 g/mol. The fourth-order valence-electron chi connectivity index (χ4n) is 5.15. The molecule has 1 aromatic heterocycles. The molecule has 0 radical (unpaired) electrons. The lowest BCUT2D eigenvalue weighted by molar-refractivity contribution is -0.121. The summed E-state index contributed by atoms with van der Waals surface area (Å²) < 4.78 is 39.0. The normalized spacial score (nSPS) is 18.9. The van der Waals surface area contributed by atoms with E-state index < -0.39 is 10.0 Å². The fraction of sp³-hybridized carbons (Fsp3) is 0.444. The van der Waals surface area contributed by atoms with Gasteiger partial charge in [0, 0.05) is 35.9 Å². The molecule has 2 aliphatic rings. The van der Waals surface area contributed by atoms with E-state index >= 15 is 0 Å². The van der Waals surface area contributed by atoms with E-state index in [-0.39, 0.29) is 22.5 Å². The number of rotatable bonds is 8. The summed E-state index contributed by atoms with van der Waals surface area (Å²) in [5, 5.41) is 7.91. The van der Waals surface area contributed by atoms with E-state index in [2.05, 4.69) is 20.4 Å². The van der Waals surface area contributed by atoms with Crippen LogP contribution in [0.15, 0.2) is 45.8 Å². The second-order valence-corrected chi connectivity index (χ2v) is 12.8. The number of aromatic nitrogens is 2. The number of carbonyl (C=O) groups excluding carboxylic acids is 1. The number of carbonyl (C=O) groups is 1. The number of amides is 1. The lowest BCUT2D eigenvalue weighted by Crippen LogP contribution is -2.40. The van der Waals surface area contributed by atoms with Crippen LogP contribution in [0.1, 0.15) is 38.0 Å². The maximum Gasteiger partial charge on any atom is 0.246 e. The zero-order valence-electron chi connectivity index (χ0n) is 22.1. The minimum Gasteiger partial charge on any atom is -0.495 e. The SMILES string of the molecule is COc1ccc(NC(=O)C2CCCN(Cc3nc(-c4ccc(Cl)cc4Cl)no3)C2)cc1S(=O)(=O)N1CCCCC1. The molecule has 3 heterocycles. The molecule has 0 aliphatic carbocycles. The highest BCUT2D eigenvalue weighted by Gasteiger charge is 2.31. The summed E-state index contributed by atoms with van der Waals surface area (Å²) >= 11 is 12.3. The van der Waals surface area contributed by atoms with Crippen LogP contribution in [-0.4, -0.2) is 67.0 Å². The van der Waals surface area contributed by atoms with Crippen molar-refractivity contribution in [2.75, 3.05) is 38.6 Å². The Bertz CT molecular complexity index is 1480. The van der Waals surface area contributed by atoms with E-state index in [1.807, 2.05) is 0 Å². The van der Waals surface area contributed by atoms with Crippen molar-refractivity contribution in [2.24, 2.45) is 5.92 Å². The predicted octanol–water partition coefficient (Wildman–Crippen LogP) is 5.08. The minimum atomic E-state index is -3.74. The molecule has 13 heteroatoms. The van der Waals surface area contributed by atoms with Crippen molar-refractivity contribution in [2.45, 2.75) is 43.5 Å². The third kappa shape index (κ3) is 6.44. The van der Waals surface area contributed by atoms with Gasteiger partial charge in [0.15, 0.2) is 0 Å². The predicted molar refractivity (Wildman–Crippen MR) is 152 cm³/mol. The largest absolute Gasteiger partial charge is 0.495 e. The Morgan fingerprint density at radius 2 is 1.90 bits per heavy atom. The number of hydrogen-bond acceptors (Lipinski definition) is 8. The summed E-state index contributed by atoms with van der Waals surface area (Å²) in [4.78, 5) is 19.9. The second-order valence-electron chi connectivity index (χ2n) is 10.0. The number of sulfonamides is 1. The van der Waals surface area contributed by atoms with Gasteiger partial charge >= 0.3 is 0 Å². The van der Waals surface area contributed by atoms with Gasteiger partial charge in [-0.15, -0.1) is 0 Å². The van der Waals surface area contributed by atoms with Gasteiger partial charge in [0.2, 0.25) is 27.6 Å². The van der Waals surface area contributed by atoms with Crippen molar-refractivity contribution in [3.8, 4) is 17.1 Å². The molecule has 0 saturated carbocycles. The highest BCUT2D eigenvalue weighted by Crippen LogP contribution is 2.32. The molecule has 214 valence electrons. The van der Waals surface area contributed by atoms with Gasteiger partial charge in [-0.2, -0.15) is 9.29 Å². The molecule has 1 atom stereocenters. The van der Waals surface area contributed by atoms with Crippen LogP contribution in [0, 0.1) is 5.92 Å². The quantitative estimate of drug-likeness (QED) is 0.377. The number of nitrogens with zero attached hydrogens (tertiary/aromatic N) is 4. The number of ether oxygens (including phenoxy) is 1. The minimum absolute atomic E-state index is 0.0629. The summed E-state index contributed by atoms with van der Waals surface area (Å²) in [5.74, 6) is 0.593. The number of halogens is 2. The Labute approximate surface area is 243 Å². The van der Waals surface area contributed by atoms with Gasteiger partial charge in [0.1, 0.15) is 10.6 Å². The topological polar surface area (TPSA) is 118 Å². The number of benzene rings is 2. The van der Waals surface area contributed by atoms with Crippen LogP contribution < -0.4 is 10.1 Å². The Morgan fingerprint density at radius 1 is 1.10 bits per heavy atom. The average Bonchev–Trinajstić information content (AvgIpc) is 3.41. The molecule has 1 amide bonds. The van der Waals surface area contributed by atoms with Gasteiger partial charge in [0.05, 0.1) is 24.6 Å². The van der Waals surface area contributed by atoms with Gasteiger partial charge in [-0.25, -0.2) is 8.42 Å². The smallest absolute Gasteiger partial charge is 0.246 e. The molecule has 1 unspecified atom stereocenters. The fourth-order valence-corrected chi connectivity index (χ4v) is 7.34. The Morgan fingerprint density at radius 3 is 2.65 bits per heavy atom. The van der Waals surface area contributed by atoms with Gasteiger partial charge in [-0.05, 0) is 68.6 Å². The van der Waals surface area contributed by atoms with E-state index in [9.17, 15) is 13.2 Å². The van der Waals surface area contributed by atoms with Crippen LogP contribution in [-0.2, 0) is 21.4 Å². The molecule has 2 fully saturated rings. The van der Waals surface area contributed by atoms with Crippen LogP contribution >= 0.6 is 23.2 Å². The molecule has 0 spiro atoms. The summed E-state index contributed by atoms with van der Waals surface area (Å²) in [7, 11) is -2.30. The molecule has 2 aromatic carbocycles. The van der Waals surface area contributed by atoms with Crippen molar-refractivity contribution in [1.82, 2.24) is 19.3 Å².